The maximum absolute atomic E-state index is 11.1. The number of fused-ring (bicyclic) bond motifs is 2. The maximum atomic E-state index is 11.1. The minimum absolute atomic E-state index is 0.200. The second-order valence-corrected chi connectivity index (χ2v) is 16.0. The number of halogens is 1. The SMILES string of the molecule is CCCCC[n+]1cccc2c1N=C(/C=C/C1=C(Cl)C(=C/C=C3/N=C4C(=CC=CN4CCCCS(=O)(=O)O)C3(C)C)/CN(C)C1)C2(C)C. The van der Waals surface area contributed by atoms with E-state index in [1.165, 1.54) is 18.4 Å². The van der Waals surface area contributed by atoms with Gasteiger partial charge in [-0.05, 0) is 93.1 Å². The van der Waals surface area contributed by atoms with E-state index in [4.69, 9.17) is 26.1 Å². The van der Waals surface area contributed by atoms with Gasteiger partial charge in [0.05, 0.1) is 35.2 Å². The van der Waals surface area contributed by atoms with E-state index in [-0.39, 0.29) is 16.6 Å². The molecule has 5 rings (SSSR count). The number of aliphatic imine (C=N–C) groups is 2. The van der Waals surface area contributed by atoms with Crippen LogP contribution in [0.2, 0.25) is 0 Å². The Bertz CT molecular complexity index is 1760. The Balaban J connectivity index is 1.37. The Morgan fingerprint density at radius 1 is 1.04 bits per heavy atom. The number of likely N-dealkylation sites (N-methyl/N-ethyl adjacent to an activating group) is 1. The number of nitrogens with zero attached hydrogens (tertiary/aromatic N) is 5. The van der Waals surface area contributed by atoms with Crippen LogP contribution >= 0.6 is 11.6 Å². The lowest BCUT2D eigenvalue weighted by Gasteiger charge is -2.28. The van der Waals surface area contributed by atoms with Crippen molar-refractivity contribution in [3.8, 4) is 0 Å². The molecule has 4 aliphatic rings. The molecule has 47 heavy (non-hydrogen) atoms. The van der Waals surface area contributed by atoms with Crippen LogP contribution in [-0.4, -0.2) is 66.8 Å². The molecular formula is C37H49ClN5O3S+. The van der Waals surface area contributed by atoms with Crippen molar-refractivity contribution in [3.63, 3.8) is 0 Å². The molecule has 0 amide bonds. The largest absolute Gasteiger partial charge is 0.333 e. The molecule has 0 fully saturated rings. The molecular weight excluding hydrogens is 630 g/mol. The van der Waals surface area contributed by atoms with Crippen LogP contribution in [0.5, 0.6) is 0 Å². The summed E-state index contributed by atoms with van der Waals surface area (Å²) in [5.74, 6) is 1.71. The zero-order valence-electron chi connectivity index (χ0n) is 28.6. The van der Waals surface area contributed by atoms with Gasteiger partial charge in [-0.15, -0.1) is 0 Å². The van der Waals surface area contributed by atoms with E-state index in [1.807, 2.05) is 12.3 Å². The number of rotatable bonds is 12. The van der Waals surface area contributed by atoms with Crippen molar-refractivity contribution < 1.29 is 17.5 Å². The summed E-state index contributed by atoms with van der Waals surface area (Å²) in [6.45, 7) is 14.1. The van der Waals surface area contributed by atoms with E-state index in [0.29, 0.717) is 19.4 Å². The molecule has 0 saturated carbocycles. The smallest absolute Gasteiger partial charge is 0.327 e. The van der Waals surface area contributed by atoms with Crippen LogP contribution in [-0.2, 0) is 22.1 Å². The number of pyridine rings is 1. The summed E-state index contributed by atoms with van der Waals surface area (Å²) in [4.78, 5) is 14.5. The Morgan fingerprint density at radius 2 is 1.83 bits per heavy atom. The van der Waals surface area contributed by atoms with Crippen molar-refractivity contribution in [1.29, 1.82) is 0 Å². The molecule has 1 aromatic heterocycles. The third-order valence-corrected chi connectivity index (χ3v) is 10.8. The Morgan fingerprint density at radius 3 is 2.57 bits per heavy atom. The first-order chi connectivity index (χ1) is 22.2. The number of hydrogen-bond acceptors (Lipinski definition) is 6. The van der Waals surface area contributed by atoms with Crippen molar-refractivity contribution in [3.05, 3.63) is 94.0 Å². The zero-order chi connectivity index (χ0) is 34.0. The summed E-state index contributed by atoms with van der Waals surface area (Å²) >= 11 is 7.09. The molecule has 1 aromatic rings. The zero-order valence-corrected chi connectivity index (χ0v) is 30.2. The van der Waals surface area contributed by atoms with Crippen LogP contribution in [0.1, 0.15) is 72.3 Å². The fourth-order valence-corrected chi connectivity index (χ4v) is 7.45. The lowest BCUT2D eigenvalue weighted by Crippen LogP contribution is -2.34. The summed E-state index contributed by atoms with van der Waals surface area (Å²) in [5, 5.41) is 0.766. The van der Waals surface area contributed by atoms with Crippen molar-refractivity contribution in [2.75, 3.05) is 32.4 Å². The van der Waals surface area contributed by atoms with Crippen LogP contribution < -0.4 is 4.57 Å². The van der Waals surface area contributed by atoms with Gasteiger partial charge in [0.15, 0.2) is 5.71 Å². The summed E-state index contributed by atoms with van der Waals surface area (Å²) < 4.78 is 33.6. The molecule has 252 valence electrons. The minimum atomic E-state index is -3.96. The summed E-state index contributed by atoms with van der Waals surface area (Å²) in [5.41, 5.74) is 5.95. The standard InChI is InChI=1S/C37H48ClN5O3S/c1-7-8-9-20-42-22-12-14-29-34(42)39-31(36(29,2)3)18-16-27-25-41(6)26-28(33(27)38)17-19-32-37(4,5)30-15-13-23-43(35(30)40-32)21-10-11-24-47(44,45)46/h12-19,22-23H,7-11,20-21,24-26H2,1-6H3/p+1. The Hall–Kier alpha value is -3.11. The Labute approximate surface area is 286 Å². The van der Waals surface area contributed by atoms with Gasteiger partial charge in [-0.2, -0.15) is 8.42 Å². The van der Waals surface area contributed by atoms with Gasteiger partial charge in [0.2, 0.25) is 0 Å². The molecule has 0 saturated heterocycles. The molecule has 0 bridgehead atoms. The van der Waals surface area contributed by atoms with Gasteiger partial charge in [0.25, 0.3) is 10.1 Å². The second-order valence-electron chi connectivity index (χ2n) is 14.0. The second kappa shape index (κ2) is 14.2. The molecule has 5 heterocycles. The number of aryl methyl sites for hydroxylation is 1. The molecule has 0 spiro atoms. The van der Waals surface area contributed by atoms with Crippen molar-refractivity contribution in [2.24, 2.45) is 15.4 Å². The predicted octanol–water partition coefficient (Wildman–Crippen LogP) is 7.19. The highest BCUT2D eigenvalue weighted by molar-refractivity contribution is 7.85. The number of allylic oxidation sites excluding steroid dienone is 6. The molecule has 4 aliphatic heterocycles. The molecule has 10 heteroatoms. The topological polar surface area (TPSA) is 89.4 Å². The van der Waals surface area contributed by atoms with Crippen LogP contribution in [0.25, 0.3) is 0 Å². The van der Waals surface area contributed by atoms with E-state index in [1.54, 1.807) is 0 Å². The summed E-state index contributed by atoms with van der Waals surface area (Å²) in [6.07, 6.45) is 21.3. The van der Waals surface area contributed by atoms with E-state index in [0.717, 1.165) is 70.9 Å². The highest BCUT2D eigenvalue weighted by Crippen LogP contribution is 2.44. The van der Waals surface area contributed by atoms with Gasteiger partial charge in [0, 0.05) is 41.9 Å². The van der Waals surface area contributed by atoms with E-state index in [9.17, 15) is 8.42 Å². The van der Waals surface area contributed by atoms with Crippen LogP contribution in [0.3, 0.4) is 0 Å². The lowest BCUT2D eigenvalue weighted by atomic mass is 9.81. The first kappa shape index (κ1) is 35.2. The first-order valence-electron chi connectivity index (χ1n) is 16.7. The number of amidine groups is 1. The van der Waals surface area contributed by atoms with Gasteiger partial charge in [0.1, 0.15) is 5.84 Å². The van der Waals surface area contributed by atoms with E-state index >= 15 is 0 Å². The average Bonchev–Trinajstić information content (AvgIpc) is 3.43. The molecule has 0 aromatic carbocycles. The van der Waals surface area contributed by atoms with Crippen molar-refractivity contribution >= 4 is 39.1 Å². The number of unbranched alkanes of at least 4 members (excludes halogenated alkanes) is 3. The predicted molar refractivity (Wildman–Crippen MR) is 193 cm³/mol. The van der Waals surface area contributed by atoms with E-state index < -0.39 is 10.1 Å². The number of aromatic nitrogens is 1. The molecule has 0 aliphatic carbocycles. The monoisotopic (exact) mass is 678 g/mol. The fraction of sp³-hybridized carbons (Fsp3) is 0.486. The van der Waals surface area contributed by atoms with Crippen molar-refractivity contribution in [2.45, 2.75) is 78.7 Å². The van der Waals surface area contributed by atoms with Crippen molar-refractivity contribution in [1.82, 2.24) is 9.80 Å². The van der Waals surface area contributed by atoms with E-state index in [2.05, 4.69) is 105 Å². The van der Waals surface area contributed by atoms with Crippen LogP contribution in [0, 0.1) is 5.41 Å². The summed E-state index contributed by atoms with van der Waals surface area (Å²) in [7, 11) is -1.85. The molecule has 0 radical (unpaired) electrons. The molecule has 8 nitrogen and oxygen atoms in total. The highest BCUT2D eigenvalue weighted by Gasteiger charge is 2.42. The summed E-state index contributed by atoms with van der Waals surface area (Å²) in [6, 6.07) is 4.34. The molecule has 0 atom stereocenters. The van der Waals surface area contributed by atoms with Gasteiger partial charge in [-0.1, -0.05) is 57.0 Å². The van der Waals surface area contributed by atoms with Gasteiger partial charge < -0.3 is 4.90 Å². The number of hydrogen-bond donors (Lipinski definition) is 1. The van der Waals surface area contributed by atoms with Gasteiger partial charge in [-0.3, -0.25) is 9.45 Å². The molecule has 0 unspecified atom stereocenters. The normalized spacial score (nSPS) is 22.3. The van der Waals surface area contributed by atoms with Gasteiger partial charge in [-0.25, -0.2) is 9.56 Å². The van der Waals surface area contributed by atoms with Crippen LogP contribution in [0.15, 0.2) is 98.4 Å². The minimum Gasteiger partial charge on any atom is -0.333 e. The quantitative estimate of drug-likeness (QED) is 0.144. The maximum Gasteiger partial charge on any atom is 0.327 e. The third kappa shape index (κ3) is 7.80. The highest BCUT2D eigenvalue weighted by atomic mass is 35.5. The van der Waals surface area contributed by atoms with Gasteiger partial charge >= 0.3 is 5.82 Å². The first-order valence-corrected chi connectivity index (χ1v) is 18.7. The fourth-order valence-electron chi connectivity index (χ4n) is 6.64. The lowest BCUT2D eigenvalue weighted by molar-refractivity contribution is -0.684. The third-order valence-electron chi connectivity index (χ3n) is 9.55. The average molecular weight is 679 g/mol. The molecule has 1 N–H and O–H groups in total. The van der Waals surface area contributed by atoms with Crippen LogP contribution in [0.4, 0.5) is 5.82 Å². The Kier molecular flexibility index (Phi) is 10.6.